The first-order chi connectivity index (χ1) is 8.42. The van der Waals surface area contributed by atoms with E-state index in [9.17, 15) is 0 Å². The van der Waals surface area contributed by atoms with Crippen molar-refractivity contribution in [1.82, 2.24) is 5.32 Å². The van der Waals surface area contributed by atoms with Crippen molar-refractivity contribution in [2.24, 2.45) is 11.8 Å². The zero-order valence-corrected chi connectivity index (χ0v) is 11.0. The van der Waals surface area contributed by atoms with Crippen molar-refractivity contribution in [3.63, 3.8) is 0 Å². The van der Waals surface area contributed by atoms with Gasteiger partial charge in [0, 0.05) is 12.1 Å². The molecule has 0 spiro atoms. The average Bonchev–Trinajstić information content (AvgIpc) is 2.40. The molecule has 2 saturated carbocycles. The Morgan fingerprint density at radius 1 is 0.765 bits per heavy atom. The molecule has 4 unspecified atom stereocenters. The maximum absolute atomic E-state index is 3.94. The zero-order chi connectivity index (χ0) is 11.5. The van der Waals surface area contributed by atoms with E-state index in [0.717, 1.165) is 23.9 Å². The Labute approximate surface area is 106 Å². The minimum atomic E-state index is 0.783. The summed E-state index contributed by atoms with van der Waals surface area (Å²) in [6, 6.07) is 1.62. The molecule has 3 aliphatic carbocycles. The topological polar surface area (TPSA) is 12.0 Å². The second-order valence-corrected chi connectivity index (χ2v) is 6.46. The van der Waals surface area contributed by atoms with Crippen LogP contribution in [0.3, 0.4) is 0 Å². The summed E-state index contributed by atoms with van der Waals surface area (Å²) in [6.07, 6.45) is 19.1. The molecule has 0 aromatic carbocycles. The van der Waals surface area contributed by atoms with Gasteiger partial charge < -0.3 is 5.32 Å². The normalized spacial score (nSPS) is 42.1. The predicted octanol–water partition coefficient (Wildman–Crippen LogP) is 4.04. The van der Waals surface area contributed by atoms with E-state index in [2.05, 4.69) is 17.5 Å². The van der Waals surface area contributed by atoms with Gasteiger partial charge in [-0.3, -0.25) is 0 Å². The van der Waals surface area contributed by atoms with Crippen LogP contribution in [0.15, 0.2) is 12.2 Å². The lowest BCUT2D eigenvalue weighted by Gasteiger charge is -2.41. The van der Waals surface area contributed by atoms with Gasteiger partial charge in [0.15, 0.2) is 0 Å². The second-order valence-electron chi connectivity index (χ2n) is 6.46. The molecule has 96 valence electrons. The zero-order valence-electron chi connectivity index (χ0n) is 11.0. The SMILES string of the molecule is C1=CCC(NC2CCC3CCCCC3C2)CC1. The third kappa shape index (κ3) is 2.93. The van der Waals surface area contributed by atoms with Gasteiger partial charge in [-0.1, -0.05) is 37.8 Å². The van der Waals surface area contributed by atoms with Gasteiger partial charge in [0.05, 0.1) is 0 Å². The Morgan fingerprint density at radius 2 is 1.65 bits per heavy atom. The molecule has 0 aliphatic heterocycles. The average molecular weight is 233 g/mol. The van der Waals surface area contributed by atoms with Crippen molar-refractivity contribution >= 4 is 0 Å². The Kier molecular flexibility index (Phi) is 3.85. The number of fused-ring (bicyclic) bond motifs is 1. The minimum absolute atomic E-state index is 0.783. The van der Waals surface area contributed by atoms with Gasteiger partial charge in [0.2, 0.25) is 0 Å². The van der Waals surface area contributed by atoms with E-state index in [1.54, 1.807) is 0 Å². The molecule has 17 heavy (non-hydrogen) atoms. The number of hydrogen-bond donors (Lipinski definition) is 1. The fraction of sp³-hybridized carbons (Fsp3) is 0.875. The first-order valence-electron chi connectivity index (χ1n) is 7.83. The molecular formula is C16H27N. The Hall–Kier alpha value is -0.300. The smallest absolute Gasteiger partial charge is 0.0107 e. The van der Waals surface area contributed by atoms with Crippen molar-refractivity contribution in [2.45, 2.75) is 76.3 Å². The summed E-state index contributed by atoms with van der Waals surface area (Å²) < 4.78 is 0. The highest BCUT2D eigenvalue weighted by molar-refractivity contribution is 4.95. The molecule has 1 nitrogen and oxygen atoms in total. The van der Waals surface area contributed by atoms with Gasteiger partial charge in [-0.25, -0.2) is 0 Å². The molecule has 0 heterocycles. The lowest BCUT2D eigenvalue weighted by atomic mass is 9.69. The number of hydrogen-bond acceptors (Lipinski definition) is 1. The van der Waals surface area contributed by atoms with Crippen LogP contribution in [0.4, 0.5) is 0 Å². The van der Waals surface area contributed by atoms with Crippen molar-refractivity contribution in [3.8, 4) is 0 Å². The van der Waals surface area contributed by atoms with Gasteiger partial charge in [-0.15, -0.1) is 0 Å². The van der Waals surface area contributed by atoms with Crippen LogP contribution in [0, 0.1) is 11.8 Å². The van der Waals surface area contributed by atoms with E-state index in [-0.39, 0.29) is 0 Å². The van der Waals surface area contributed by atoms with E-state index >= 15 is 0 Å². The molecule has 0 amide bonds. The molecule has 0 saturated heterocycles. The van der Waals surface area contributed by atoms with Crippen LogP contribution in [0.25, 0.3) is 0 Å². The second kappa shape index (κ2) is 5.56. The summed E-state index contributed by atoms with van der Waals surface area (Å²) in [6.45, 7) is 0. The molecule has 0 radical (unpaired) electrons. The van der Waals surface area contributed by atoms with Gasteiger partial charge in [0.25, 0.3) is 0 Å². The molecule has 3 rings (SSSR count). The van der Waals surface area contributed by atoms with Crippen molar-refractivity contribution < 1.29 is 0 Å². The predicted molar refractivity (Wildman–Crippen MR) is 73.0 cm³/mol. The molecule has 0 bridgehead atoms. The Morgan fingerprint density at radius 3 is 2.47 bits per heavy atom. The molecule has 0 aromatic heterocycles. The third-order valence-electron chi connectivity index (χ3n) is 5.28. The van der Waals surface area contributed by atoms with Crippen LogP contribution in [0.5, 0.6) is 0 Å². The maximum atomic E-state index is 3.94. The Bertz CT molecular complexity index is 271. The van der Waals surface area contributed by atoms with E-state index in [1.165, 1.54) is 64.2 Å². The molecular weight excluding hydrogens is 206 g/mol. The van der Waals surface area contributed by atoms with Gasteiger partial charge in [-0.05, 0) is 50.4 Å². The largest absolute Gasteiger partial charge is 0.311 e. The third-order valence-corrected chi connectivity index (χ3v) is 5.28. The minimum Gasteiger partial charge on any atom is -0.311 e. The van der Waals surface area contributed by atoms with Crippen molar-refractivity contribution in [3.05, 3.63) is 12.2 Å². The van der Waals surface area contributed by atoms with E-state index in [1.807, 2.05) is 0 Å². The lowest BCUT2D eigenvalue weighted by Crippen LogP contribution is -2.43. The standard InChI is InChI=1S/C16H27N/c1-2-8-15(9-3-1)17-16-11-10-13-6-4-5-7-14(13)12-16/h1-2,13-17H,3-12H2. The quantitative estimate of drug-likeness (QED) is 0.710. The van der Waals surface area contributed by atoms with Gasteiger partial charge in [-0.2, -0.15) is 0 Å². The summed E-state index contributed by atoms with van der Waals surface area (Å²) in [5, 5.41) is 3.94. The molecule has 0 aromatic rings. The van der Waals surface area contributed by atoms with Crippen LogP contribution in [-0.4, -0.2) is 12.1 Å². The molecule has 2 fully saturated rings. The van der Waals surface area contributed by atoms with Crippen molar-refractivity contribution in [1.29, 1.82) is 0 Å². The molecule has 4 atom stereocenters. The van der Waals surface area contributed by atoms with E-state index in [4.69, 9.17) is 0 Å². The Balaban J connectivity index is 1.50. The van der Waals surface area contributed by atoms with Crippen LogP contribution >= 0.6 is 0 Å². The summed E-state index contributed by atoms with van der Waals surface area (Å²) in [7, 11) is 0. The lowest BCUT2D eigenvalue weighted by molar-refractivity contribution is 0.137. The number of nitrogens with one attached hydrogen (secondary N) is 1. The molecule has 1 N–H and O–H groups in total. The fourth-order valence-corrected chi connectivity index (χ4v) is 4.30. The summed E-state index contributed by atoms with van der Waals surface area (Å²) in [4.78, 5) is 0. The highest BCUT2D eigenvalue weighted by atomic mass is 15.0. The molecule has 1 heteroatoms. The molecule has 3 aliphatic rings. The number of rotatable bonds is 2. The van der Waals surface area contributed by atoms with Crippen LogP contribution < -0.4 is 5.32 Å². The number of allylic oxidation sites excluding steroid dienone is 1. The summed E-state index contributed by atoms with van der Waals surface area (Å²) >= 11 is 0. The van der Waals surface area contributed by atoms with Crippen LogP contribution in [-0.2, 0) is 0 Å². The van der Waals surface area contributed by atoms with Gasteiger partial charge in [0.1, 0.15) is 0 Å². The first-order valence-corrected chi connectivity index (χ1v) is 7.83. The monoisotopic (exact) mass is 233 g/mol. The highest BCUT2D eigenvalue weighted by Gasteiger charge is 2.32. The fourth-order valence-electron chi connectivity index (χ4n) is 4.30. The van der Waals surface area contributed by atoms with E-state index < -0.39 is 0 Å². The van der Waals surface area contributed by atoms with Gasteiger partial charge >= 0.3 is 0 Å². The summed E-state index contributed by atoms with van der Waals surface area (Å²) in [5.41, 5.74) is 0. The van der Waals surface area contributed by atoms with Crippen LogP contribution in [0.1, 0.15) is 64.2 Å². The van der Waals surface area contributed by atoms with E-state index in [0.29, 0.717) is 0 Å². The highest BCUT2D eigenvalue weighted by Crippen LogP contribution is 2.40. The van der Waals surface area contributed by atoms with Crippen molar-refractivity contribution in [2.75, 3.05) is 0 Å². The first kappa shape index (κ1) is 11.8. The maximum Gasteiger partial charge on any atom is 0.0107 e. The summed E-state index contributed by atoms with van der Waals surface area (Å²) in [5.74, 6) is 2.15. The van der Waals surface area contributed by atoms with Crippen LogP contribution in [0.2, 0.25) is 0 Å².